The van der Waals surface area contributed by atoms with Gasteiger partial charge in [0.15, 0.2) is 0 Å². The summed E-state index contributed by atoms with van der Waals surface area (Å²) >= 11 is 0. The molecular weight excluding hydrogens is 317 g/mol. The third-order valence-electron chi connectivity index (χ3n) is 5.37. The zero-order valence-electron chi connectivity index (χ0n) is 15.9. The zero-order chi connectivity index (χ0) is 17.9. The van der Waals surface area contributed by atoms with E-state index in [2.05, 4.69) is 32.6 Å². The van der Waals surface area contributed by atoms with E-state index in [-0.39, 0.29) is 18.3 Å². The van der Waals surface area contributed by atoms with E-state index in [9.17, 15) is 0 Å². The average Bonchev–Trinajstić information content (AvgIpc) is 2.81. The van der Waals surface area contributed by atoms with E-state index in [0.29, 0.717) is 6.61 Å². The summed E-state index contributed by atoms with van der Waals surface area (Å²) < 4.78 is 23.5. The van der Waals surface area contributed by atoms with Crippen molar-refractivity contribution in [3.63, 3.8) is 0 Å². The van der Waals surface area contributed by atoms with Crippen molar-refractivity contribution in [1.82, 2.24) is 4.90 Å². The molecule has 2 aliphatic heterocycles. The summed E-state index contributed by atoms with van der Waals surface area (Å²) in [6.45, 7) is 13.8. The molecule has 6 heteroatoms. The fourth-order valence-electron chi connectivity index (χ4n) is 3.03. The van der Waals surface area contributed by atoms with Crippen LogP contribution in [0.3, 0.4) is 0 Å². The molecule has 2 fully saturated rings. The fourth-order valence-corrected chi connectivity index (χ4v) is 3.03. The van der Waals surface area contributed by atoms with Gasteiger partial charge in [-0.1, -0.05) is 12.1 Å². The normalized spacial score (nSPS) is 23.0. The number of hydrogen-bond acceptors (Lipinski definition) is 5. The van der Waals surface area contributed by atoms with E-state index in [1.54, 1.807) is 0 Å². The molecule has 3 rings (SSSR count). The molecule has 1 aromatic rings. The zero-order valence-corrected chi connectivity index (χ0v) is 15.9. The van der Waals surface area contributed by atoms with Crippen molar-refractivity contribution in [2.24, 2.45) is 0 Å². The third kappa shape index (κ3) is 4.56. The van der Waals surface area contributed by atoms with Crippen LogP contribution in [0.5, 0.6) is 5.75 Å². The van der Waals surface area contributed by atoms with Gasteiger partial charge in [0.25, 0.3) is 0 Å². The minimum Gasteiger partial charge on any atom is -0.494 e. The van der Waals surface area contributed by atoms with Crippen LogP contribution in [0.15, 0.2) is 24.3 Å². The fraction of sp³-hybridized carbons (Fsp3) is 0.684. The number of benzene rings is 1. The Labute approximate surface area is 151 Å². The first-order valence-electron chi connectivity index (χ1n) is 9.26. The Morgan fingerprint density at radius 1 is 1.08 bits per heavy atom. The van der Waals surface area contributed by atoms with Gasteiger partial charge in [-0.05, 0) is 51.7 Å². The van der Waals surface area contributed by atoms with Gasteiger partial charge in [-0.15, -0.1) is 0 Å². The van der Waals surface area contributed by atoms with Gasteiger partial charge < -0.3 is 18.8 Å². The molecule has 0 N–H and O–H groups in total. The second-order valence-corrected chi connectivity index (χ2v) is 7.82. The minimum absolute atomic E-state index is 0.327. The maximum absolute atomic E-state index is 6.11. The van der Waals surface area contributed by atoms with Gasteiger partial charge in [0.1, 0.15) is 5.75 Å². The highest BCUT2D eigenvalue weighted by Crippen LogP contribution is 2.36. The minimum atomic E-state index is -0.345. The second kappa shape index (κ2) is 7.66. The molecule has 0 atom stereocenters. The van der Waals surface area contributed by atoms with Crippen molar-refractivity contribution < 1.29 is 18.8 Å². The molecule has 0 amide bonds. The maximum atomic E-state index is 6.11. The Balaban J connectivity index is 1.50. The van der Waals surface area contributed by atoms with Crippen molar-refractivity contribution in [3.8, 4) is 5.75 Å². The van der Waals surface area contributed by atoms with E-state index in [1.165, 1.54) is 0 Å². The molecular formula is C19H30BNO4. The number of hydrogen-bond donors (Lipinski definition) is 0. The molecule has 0 aromatic heterocycles. The molecule has 0 unspecified atom stereocenters. The molecule has 0 aliphatic carbocycles. The second-order valence-electron chi connectivity index (χ2n) is 7.82. The molecule has 0 saturated carbocycles. The van der Waals surface area contributed by atoms with Crippen LogP contribution in [0.1, 0.15) is 34.1 Å². The van der Waals surface area contributed by atoms with Crippen molar-refractivity contribution >= 4 is 12.6 Å². The Hall–Kier alpha value is -1.08. The Morgan fingerprint density at radius 2 is 1.76 bits per heavy atom. The van der Waals surface area contributed by atoms with Gasteiger partial charge >= 0.3 is 7.12 Å². The Morgan fingerprint density at radius 3 is 2.44 bits per heavy atom. The summed E-state index contributed by atoms with van der Waals surface area (Å²) in [6.07, 6.45) is 1.01. The van der Waals surface area contributed by atoms with Gasteiger partial charge in [0, 0.05) is 19.6 Å². The summed E-state index contributed by atoms with van der Waals surface area (Å²) in [7, 11) is -0.345. The number of morpholine rings is 1. The predicted octanol–water partition coefficient (Wildman–Crippen LogP) is 2.09. The standard InChI is InChI=1S/C19H30BNO4/c1-18(2)19(3,4)25-20(24-18)16-7-5-8-17(15-16)23-12-6-9-21-10-13-22-14-11-21/h5,7-8,15H,6,9-14H2,1-4H3. The Kier molecular flexibility index (Phi) is 5.73. The highest BCUT2D eigenvalue weighted by Gasteiger charge is 2.51. The molecule has 25 heavy (non-hydrogen) atoms. The highest BCUT2D eigenvalue weighted by molar-refractivity contribution is 6.62. The van der Waals surface area contributed by atoms with Crippen LogP contribution in [0.4, 0.5) is 0 Å². The largest absolute Gasteiger partial charge is 0.494 e. The van der Waals surface area contributed by atoms with Crippen LogP contribution in [0.25, 0.3) is 0 Å². The lowest BCUT2D eigenvalue weighted by molar-refractivity contribution is 0.00578. The molecule has 1 aromatic carbocycles. The van der Waals surface area contributed by atoms with Crippen LogP contribution in [-0.4, -0.2) is 62.7 Å². The molecule has 5 nitrogen and oxygen atoms in total. The summed E-state index contributed by atoms with van der Waals surface area (Å²) in [5.74, 6) is 0.870. The molecule has 0 radical (unpaired) electrons. The summed E-state index contributed by atoms with van der Waals surface area (Å²) in [6, 6.07) is 8.04. The smallest absolute Gasteiger partial charge is 0.494 e. The molecule has 138 valence electrons. The van der Waals surface area contributed by atoms with E-state index < -0.39 is 0 Å². The van der Waals surface area contributed by atoms with E-state index in [1.807, 2.05) is 24.3 Å². The predicted molar refractivity (Wildman–Crippen MR) is 99.5 cm³/mol. The van der Waals surface area contributed by atoms with Crippen molar-refractivity contribution in [2.75, 3.05) is 39.5 Å². The first kappa shape index (κ1) is 18.7. The van der Waals surface area contributed by atoms with Gasteiger partial charge in [-0.3, -0.25) is 4.90 Å². The first-order valence-corrected chi connectivity index (χ1v) is 9.26. The lowest BCUT2D eigenvalue weighted by Gasteiger charge is -2.32. The molecule has 0 bridgehead atoms. The van der Waals surface area contributed by atoms with Gasteiger partial charge in [-0.25, -0.2) is 0 Å². The van der Waals surface area contributed by atoms with Crippen LogP contribution in [0.2, 0.25) is 0 Å². The van der Waals surface area contributed by atoms with Crippen LogP contribution >= 0.6 is 0 Å². The van der Waals surface area contributed by atoms with Crippen LogP contribution in [0, 0.1) is 0 Å². The number of rotatable bonds is 6. The van der Waals surface area contributed by atoms with Crippen LogP contribution < -0.4 is 10.2 Å². The summed E-state index contributed by atoms with van der Waals surface area (Å²) in [4.78, 5) is 2.42. The Bertz CT molecular complexity index is 556. The molecule has 2 heterocycles. The van der Waals surface area contributed by atoms with Crippen molar-refractivity contribution in [2.45, 2.75) is 45.3 Å². The highest BCUT2D eigenvalue weighted by atomic mass is 16.7. The van der Waals surface area contributed by atoms with E-state index >= 15 is 0 Å². The molecule has 2 saturated heterocycles. The lowest BCUT2D eigenvalue weighted by Crippen LogP contribution is -2.41. The quantitative estimate of drug-likeness (QED) is 0.582. The maximum Gasteiger partial charge on any atom is 0.494 e. The number of nitrogens with zero attached hydrogens (tertiary/aromatic N) is 1. The van der Waals surface area contributed by atoms with Crippen molar-refractivity contribution in [3.05, 3.63) is 24.3 Å². The van der Waals surface area contributed by atoms with Gasteiger partial charge in [0.2, 0.25) is 0 Å². The van der Waals surface area contributed by atoms with Crippen LogP contribution in [-0.2, 0) is 14.0 Å². The average molecular weight is 347 g/mol. The lowest BCUT2D eigenvalue weighted by atomic mass is 9.79. The molecule has 2 aliphatic rings. The van der Waals surface area contributed by atoms with E-state index in [4.69, 9.17) is 18.8 Å². The SMILES string of the molecule is CC1(C)OB(c2cccc(OCCCN3CCOCC3)c2)OC1(C)C. The number of ether oxygens (including phenoxy) is 2. The summed E-state index contributed by atoms with van der Waals surface area (Å²) in [5.41, 5.74) is 0.351. The summed E-state index contributed by atoms with van der Waals surface area (Å²) in [5, 5.41) is 0. The monoisotopic (exact) mass is 347 g/mol. The van der Waals surface area contributed by atoms with Gasteiger partial charge in [0.05, 0.1) is 31.0 Å². The van der Waals surface area contributed by atoms with E-state index in [0.717, 1.165) is 50.5 Å². The third-order valence-corrected chi connectivity index (χ3v) is 5.37. The first-order chi connectivity index (χ1) is 11.9. The van der Waals surface area contributed by atoms with Gasteiger partial charge in [-0.2, -0.15) is 0 Å². The van der Waals surface area contributed by atoms with Crippen molar-refractivity contribution in [1.29, 1.82) is 0 Å². The molecule has 0 spiro atoms. The topological polar surface area (TPSA) is 40.2 Å².